The first-order valence-electron chi connectivity index (χ1n) is 6.20. The average molecular weight is 273 g/mol. The molecule has 0 spiro atoms. The number of aromatic amines is 1. The number of benzene rings is 1. The van der Waals surface area contributed by atoms with Crippen LogP contribution in [0, 0.1) is 0 Å². The fraction of sp³-hybridized carbons (Fsp3) is 0.200. The SMILES string of the molecule is CCOC(=O)C=Cc1ccc2[nH]cc(C(=O)OC)c2c1. The van der Waals surface area contributed by atoms with Gasteiger partial charge in [-0.3, -0.25) is 0 Å². The number of fused-ring (bicyclic) bond motifs is 1. The van der Waals surface area contributed by atoms with Crippen molar-refractivity contribution in [3.05, 3.63) is 41.6 Å². The summed E-state index contributed by atoms with van der Waals surface area (Å²) in [5.74, 6) is -0.794. The molecule has 2 rings (SSSR count). The summed E-state index contributed by atoms with van der Waals surface area (Å²) < 4.78 is 9.53. The Kier molecular flexibility index (Phi) is 4.20. The van der Waals surface area contributed by atoms with Crippen LogP contribution >= 0.6 is 0 Å². The van der Waals surface area contributed by atoms with E-state index in [4.69, 9.17) is 9.47 Å². The second-order valence-corrected chi connectivity index (χ2v) is 4.08. The fourth-order valence-electron chi connectivity index (χ4n) is 1.88. The molecule has 0 aliphatic heterocycles. The molecule has 104 valence electrons. The molecule has 1 aromatic heterocycles. The van der Waals surface area contributed by atoms with E-state index in [1.54, 1.807) is 19.2 Å². The van der Waals surface area contributed by atoms with E-state index in [1.165, 1.54) is 13.2 Å². The Morgan fingerprint density at radius 2 is 2.15 bits per heavy atom. The van der Waals surface area contributed by atoms with E-state index in [0.29, 0.717) is 12.2 Å². The number of methoxy groups -OCH3 is 1. The minimum Gasteiger partial charge on any atom is -0.465 e. The number of hydrogen-bond donors (Lipinski definition) is 1. The summed E-state index contributed by atoms with van der Waals surface area (Å²) in [6.07, 6.45) is 4.61. The smallest absolute Gasteiger partial charge is 0.340 e. The van der Waals surface area contributed by atoms with E-state index < -0.39 is 11.9 Å². The van der Waals surface area contributed by atoms with Crippen LogP contribution in [-0.2, 0) is 14.3 Å². The predicted octanol–water partition coefficient (Wildman–Crippen LogP) is 2.53. The number of rotatable bonds is 4. The van der Waals surface area contributed by atoms with E-state index >= 15 is 0 Å². The van der Waals surface area contributed by atoms with Crippen molar-refractivity contribution in [1.82, 2.24) is 4.98 Å². The number of nitrogens with one attached hydrogen (secondary N) is 1. The van der Waals surface area contributed by atoms with Gasteiger partial charge in [0.05, 0.1) is 19.3 Å². The largest absolute Gasteiger partial charge is 0.465 e. The number of aromatic nitrogens is 1. The molecular formula is C15H15NO4. The van der Waals surface area contributed by atoms with Gasteiger partial charge in [-0.05, 0) is 30.7 Å². The second kappa shape index (κ2) is 6.06. The minimum absolute atomic E-state index is 0.340. The van der Waals surface area contributed by atoms with E-state index in [-0.39, 0.29) is 0 Å². The molecule has 2 aromatic rings. The van der Waals surface area contributed by atoms with Crippen LogP contribution in [0.1, 0.15) is 22.8 Å². The molecule has 0 aliphatic rings. The van der Waals surface area contributed by atoms with Gasteiger partial charge in [0.1, 0.15) is 0 Å². The highest BCUT2D eigenvalue weighted by atomic mass is 16.5. The zero-order chi connectivity index (χ0) is 14.5. The van der Waals surface area contributed by atoms with Gasteiger partial charge in [-0.1, -0.05) is 6.07 Å². The van der Waals surface area contributed by atoms with E-state index in [1.807, 2.05) is 18.2 Å². The normalized spacial score (nSPS) is 10.9. The van der Waals surface area contributed by atoms with Crippen molar-refractivity contribution in [2.45, 2.75) is 6.92 Å². The quantitative estimate of drug-likeness (QED) is 0.686. The van der Waals surface area contributed by atoms with E-state index in [0.717, 1.165) is 16.5 Å². The van der Waals surface area contributed by atoms with Crippen molar-refractivity contribution >= 4 is 28.9 Å². The molecule has 5 nitrogen and oxygen atoms in total. The molecule has 1 aromatic carbocycles. The first-order valence-corrected chi connectivity index (χ1v) is 6.20. The van der Waals surface area contributed by atoms with Crippen molar-refractivity contribution in [2.24, 2.45) is 0 Å². The molecule has 1 heterocycles. The monoisotopic (exact) mass is 273 g/mol. The van der Waals surface area contributed by atoms with Gasteiger partial charge in [-0.15, -0.1) is 0 Å². The lowest BCUT2D eigenvalue weighted by Crippen LogP contribution is -1.99. The van der Waals surface area contributed by atoms with Crippen molar-refractivity contribution < 1.29 is 19.1 Å². The third kappa shape index (κ3) is 2.88. The predicted molar refractivity (Wildman–Crippen MR) is 75.3 cm³/mol. The Labute approximate surface area is 116 Å². The summed E-state index contributed by atoms with van der Waals surface area (Å²) in [6.45, 7) is 2.09. The van der Waals surface area contributed by atoms with E-state index in [9.17, 15) is 9.59 Å². The van der Waals surface area contributed by atoms with E-state index in [2.05, 4.69) is 4.98 Å². The highest BCUT2D eigenvalue weighted by molar-refractivity contribution is 6.04. The van der Waals surface area contributed by atoms with Crippen LogP contribution in [0.3, 0.4) is 0 Å². The fourth-order valence-corrected chi connectivity index (χ4v) is 1.88. The Morgan fingerprint density at radius 3 is 2.85 bits per heavy atom. The Morgan fingerprint density at radius 1 is 1.35 bits per heavy atom. The molecule has 0 saturated heterocycles. The van der Waals surface area contributed by atoms with Crippen molar-refractivity contribution in [2.75, 3.05) is 13.7 Å². The van der Waals surface area contributed by atoms with Gasteiger partial charge >= 0.3 is 11.9 Å². The Balaban J connectivity index is 2.32. The lowest BCUT2D eigenvalue weighted by atomic mass is 10.1. The average Bonchev–Trinajstić information content (AvgIpc) is 2.87. The van der Waals surface area contributed by atoms with Crippen LogP contribution in [0.5, 0.6) is 0 Å². The first-order chi connectivity index (χ1) is 9.65. The van der Waals surface area contributed by atoms with Gasteiger partial charge in [0.2, 0.25) is 0 Å². The molecule has 0 amide bonds. The van der Waals surface area contributed by atoms with Gasteiger partial charge in [-0.2, -0.15) is 0 Å². The maximum atomic E-state index is 11.6. The van der Waals surface area contributed by atoms with Gasteiger partial charge < -0.3 is 14.5 Å². The zero-order valence-electron chi connectivity index (χ0n) is 11.3. The summed E-state index contributed by atoms with van der Waals surface area (Å²) in [5, 5.41) is 0.753. The zero-order valence-corrected chi connectivity index (χ0v) is 11.3. The molecule has 5 heteroatoms. The van der Waals surface area contributed by atoms with Gasteiger partial charge in [0, 0.05) is 23.2 Å². The first kappa shape index (κ1) is 13.9. The lowest BCUT2D eigenvalue weighted by Gasteiger charge is -1.99. The maximum absolute atomic E-state index is 11.6. The van der Waals surface area contributed by atoms with Crippen LogP contribution in [0.4, 0.5) is 0 Å². The summed E-state index contributed by atoms with van der Waals surface area (Å²) in [5.41, 5.74) is 2.10. The minimum atomic E-state index is -0.400. The second-order valence-electron chi connectivity index (χ2n) is 4.08. The molecule has 0 saturated carbocycles. The molecule has 0 bridgehead atoms. The number of ether oxygens (including phenoxy) is 2. The number of H-pyrrole nitrogens is 1. The van der Waals surface area contributed by atoms with Gasteiger partial charge in [0.25, 0.3) is 0 Å². The highest BCUT2D eigenvalue weighted by Crippen LogP contribution is 2.21. The summed E-state index contributed by atoms with van der Waals surface area (Å²) in [4.78, 5) is 25.9. The van der Waals surface area contributed by atoms with Crippen LogP contribution in [0.15, 0.2) is 30.5 Å². The van der Waals surface area contributed by atoms with Gasteiger partial charge in [-0.25, -0.2) is 9.59 Å². The number of carbonyl (C=O) groups excluding carboxylic acids is 2. The van der Waals surface area contributed by atoms with Crippen LogP contribution < -0.4 is 0 Å². The molecule has 0 atom stereocenters. The molecule has 0 aliphatic carbocycles. The molecule has 1 N–H and O–H groups in total. The lowest BCUT2D eigenvalue weighted by molar-refractivity contribution is -0.137. The van der Waals surface area contributed by atoms with Crippen molar-refractivity contribution in [1.29, 1.82) is 0 Å². The standard InChI is InChI=1S/C15H15NO4/c1-3-20-14(17)7-5-10-4-6-13-11(8-10)12(9-16-13)15(18)19-2/h4-9,16H,3H2,1-2H3. The summed E-state index contributed by atoms with van der Waals surface area (Å²) in [7, 11) is 1.34. The topological polar surface area (TPSA) is 68.4 Å². The molecular weight excluding hydrogens is 258 g/mol. The van der Waals surface area contributed by atoms with Crippen LogP contribution in [0.25, 0.3) is 17.0 Å². The number of hydrogen-bond acceptors (Lipinski definition) is 4. The number of esters is 2. The molecule has 0 fully saturated rings. The third-order valence-electron chi connectivity index (χ3n) is 2.81. The summed E-state index contributed by atoms with van der Waals surface area (Å²) in [6, 6.07) is 5.50. The van der Waals surface area contributed by atoms with Crippen molar-refractivity contribution in [3.63, 3.8) is 0 Å². The third-order valence-corrected chi connectivity index (χ3v) is 2.81. The highest BCUT2D eigenvalue weighted by Gasteiger charge is 2.12. The Hall–Kier alpha value is -2.56. The molecule has 0 unspecified atom stereocenters. The molecule has 0 radical (unpaired) electrons. The molecule has 20 heavy (non-hydrogen) atoms. The Bertz CT molecular complexity index is 670. The van der Waals surface area contributed by atoms with Crippen LogP contribution in [0.2, 0.25) is 0 Å². The van der Waals surface area contributed by atoms with Crippen molar-refractivity contribution in [3.8, 4) is 0 Å². The number of carbonyl (C=O) groups is 2. The summed E-state index contributed by atoms with van der Waals surface area (Å²) >= 11 is 0. The maximum Gasteiger partial charge on any atom is 0.340 e. The van der Waals surface area contributed by atoms with Gasteiger partial charge in [0.15, 0.2) is 0 Å². The van der Waals surface area contributed by atoms with Crippen LogP contribution in [-0.4, -0.2) is 30.6 Å².